The molecule has 0 aromatic rings. The molecule has 0 spiro atoms. The van der Waals surface area contributed by atoms with Crippen molar-refractivity contribution in [3.63, 3.8) is 0 Å². The van der Waals surface area contributed by atoms with E-state index < -0.39 is 12.1 Å². The number of ether oxygens (including phenoxy) is 1. The predicted octanol–water partition coefficient (Wildman–Crippen LogP) is -1.13. The third-order valence-electron chi connectivity index (χ3n) is 2.34. The molecule has 0 saturated heterocycles. The van der Waals surface area contributed by atoms with E-state index >= 15 is 0 Å². The first-order valence-corrected chi connectivity index (χ1v) is 5.17. The SMILES string of the molecule is COC(=O)C(O)CNC(=O)C(CN)C(C)C. The van der Waals surface area contributed by atoms with Crippen LogP contribution in [0, 0.1) is 11.8 Å². The number of hydrogen-bond acceptors (Lipinski definition) is 5. The van der Waals surface area contributed by atoms with E-state index in [1.165, 1.54) is 7.11 Å². The second-order valence-corrected chi connectivity index (χ2v) is 3.87. The number of nitrogens with two attached hydrogens (primary N) is 1. The third kappa shape index (κ3) is 4.59. The molecule has 0 bridgehead atoms. The number of amides is 1. The van der Waals surface area contributed by atoms with E-state index in [0.29, 0.717) is 0 Å². The standard InChI is InChI=1S/C10H20N2O4/c1-6(2)7(4-11)9(14)12-5-8(13)10(15)16-3/h6-8,13H,4-5,11H2,1-3H3,(H,12,14). The lowest BCUT2D eigenvalue weighted by molar-refractivity contribution is -0.150. The normalized spacial score (nSPS) is 14.4. The molecule has 0 radical (unpaired) electrons. The summed E-state index contributed by atoms with van der Waals surface area (Å²) < 4.78 is 4.31. The van der Waals surface area contributed by atoms with Gasteiger partial charge in [0.15, 0.2) is 6.10 Å². The average Bonchev–Trinajstić information content (AvgIpc) is 2.25. The Morgan fingerprint density at radius 1 is 1.44 bits per heavy atom. The Morgan fingerprint density at radius 2 is 2.00 bits per heavy atom. The van der Waals surface area contributed by atoms with Gasteiger partial charge in [-0.1, -0.05) is 13.8 Å². The van der Waals surface area contributed by atoms with Crippen molar-refractivity contribution in [2.75, 3.05) is 20.2 Å². The summed E-state index contributed by atoms with van der Waals surface area (Å²) in [7, 11) is 1.17. The van der Waals surface area contributed by atoms with Crippen molar-refractivity contribution in [2.45, 2.75) is 20.0 Å². The van der Waals surface area contributed by atoms with Gasteiger partial charge in [-0.2, -0.15) is 0 Å². The van der Waals surface area contributed by atoms with Crippen LogP contribution in [-0.4, -0.2) is 43.3 Å². The summed E-state index contributed by atoms with van der Waals surface area (Å²) in [5, 5.41) is 11.7. The number of nitrogens with one attached hydrogen (secondary N) is 1. The van der Waals surface area contributed by atoms with Crippen LogP contribution in [0.1, 0.15) is 13.8 Å². The van der Waals surface area contributed by atoms with Gasteiger partial charge in [0.25, 0.3) is 0 Å². The number of carbonyl (C=O) groups excluding carboxylic acids is 2. The van der Waals surface area contributed by atoms with Gasteiger partial charge in [0.1, 0.15) is 0 Å². The number of hydrogen-bond donors (Lipinski definition) is 3. The summed E-state index contributed by atoms with van der Waals surface area (Å²) in [6.07, 6.45) is -1.33. The van der Waals surface area contributed by atoms with Gasteiger partial charge in [-0.15, -0.1) is 0 Å². The van der Waals surface area contributed by atoms with Gasteiger partial charge in [0, 0.05) is 6.54 Å². The van der Waals surface area contributed by atoms with Gasteiger partial charge in [0.05, 0.1) is 19.6 Å². The zero-order valence-corrected chi connectivity index (χ0v) is 9.90. The molecular formula is C10H20N2O4. The second kappa shape index (κ2) is 7.19. The van der Waals surface area contributed by atoms with Crippen molar-refractivity contribution in [1.29, 1.82) is 0 Å². The first-order valence-electron chi connectivity index (χ1n) is 5.17. The molecule has 0 aromatic carbocycles. The Labute approximate surface area is 95.1 Å². The zero-order valence-electron chi connectivity index (χ0n) is 9.90. The highest BCUT2D eigenvalue weighted by molar-refractivity contribution is 5.80. The number of aliphatic hydroxyl groups is 1. The van der Waals surface area contributed by atoms with Crippen LogP contribution in [-0.2, 0) is 14.3 Å². The lowest BCUT2D eigenvalue weighted by Crippen LogP contribution is -2.43. The Kier molecular flexibility index (Phi) is 6.67. The summed E-state index contributed by atoms with van der Waals surface area (Å²) in [5.74, 6) is -1.24. The fourth-order valence-electron chi connectivity index (χ4n) is 1.23. The van der Waals surface area contributed by atoms with E-state index in [-0.39, 0.29) is 30.8 Å². The van der Waals surface area contributed by atoms with E-state index in [1.54, 1.807) is 0 Å². The van der Waals surface area contributed by atoms with E-state index in [1.807, 2.05) is 13.8 Å². The van der Waals surface area contributed by atoms with Crippen LogP contribution in [0.5, 0.6) is 0 Å². The summed E-state index contributed by atoms with van der Waals surface area (Å²) >= 11 is 0. The quantitative estimate of drug-likeness (QED) is 0.503. The van der Waals surface area contributed by atoms with Gasteiger partial charge in [0.2, 0.25) is 5.91 Å². The second-order valence-electron chi connectivity index (χ2n) is 3.87. The lowest BCUT2D eigenvalue weighted by Gasteiger charge is -2.19. The van der Waals surface area contributed by atoms with Gasteiger partial charge in [-0.3, -0.25) is 4.79 Å². The van der Waals surface area contributed by atoms with E-state index in [4.69, 9.17) is 5.73 Å². The lowest BCUT2D eigenvalue weighted by atomic mass is 9.95. The van der Waals surface area contributed by atoms with Crippen LogP contribution in [0.2, 0.25) is 0 Å². The monoisotopic (exact) mass is 232 g/mol. The van der Waals surface area contributed by atoms with Crippen LogP contribution < -0.4 is 11.1 Å². The highest BCUT2D eigenvalue weighted by Crippen LogP contribution is 2.08. The number of carbonyl (C=O) groups is 2. The van der Waals surface area contributed by atoms with Gasteiger partial charge < -0.3 is 20.9 Å². The van der Waals surface area contributed by atoms with Gasteiger partial charge >= 0.3 is 5.97 Å². The Hall–Kier alpha value is -1.14. The first-order chi connectivity index (χ1) is 7.43. The van der Waals surface area contributed by atoms with E-state index in [0.717, 1.165) is 0 Å². The van der Waals surface area contributed by atoms with Crippen molar-refractivity contribution in [2.24, 2.45) is 17.6 Å². The Morgan fingerprint density at radius 3 is 2.38 bits per heavy atom. The first kappa shape index (κ1) is 14.9. The number of methoxy groups -OCH3 is 1. The molecule has 0 heterocycles. The molecule has 6 nitrogen and oxygen atoms in total. The molecule has 4 N–H and O–H groups in total. The Balaban J connectivity index is 4.10. The summed E-state index contributed by atoms with van der Waals surface area (Å²) in [5.41, 5.74) is 5.45. The summed E-state index contributed by atoms with van der Waals surface area (Å²) in [6, 6.07) is 0. The average molecular weight is 232 g/mol. The van der Waals surface area contributed by atoms with Crippen LogP contribution in [0.15, 0.2) is 0 Å². The molecule has 0 aliphatic carbocycles. The summed E-state index contributed by atoms with van der Waals surface area (Å²) in [6.45, 7) is 3.84. The molecule has 0 fully saturated rings. The summed E-state index contributed by atoms with van der Waals surface area (Å²) in [4.78, 5) is 22.4. The van der Waals surface area contributed by atoms with Crippen LogP contribution >= 0.6 is 0 Å². The molecule has 0 rings (SSSR count). The van der Waals surface area contributed by atoms with E-state index in [2.05, 4.69) is 10.1 Å². The number of aliphatic hydroxyl groups excluding tert-OH is 1. The van der Waals surface area contributed by atoms with Crippen molar-refractivity contribution in [3.8, 4) is 0 Å². The zero-order chi connectivity index (χ0) is 12.7. The molecule has 16 heavy (non-hydrogen) atoms. The minimum absolute atomic E-state index is 0.111. The molecule has 0 aliphatic heterocycles. The van der Waals surface area contributed by atoms with E-state index in [9.17, 15) is 14.7 Å². The van der Waals surface area contributed by atoms with Gasteiger partial charge in [-0.25, -0.2) is 4.79 Å². The molecular weight excluding hydrogens is 212 g/mol. The molecule has 0 aliphatic rings. The van der Waals surface area contributed by atoms with Crippen LogP contribution in [0.4, 0.5) is 0 Å². The maximum Gasteiger partial charge on any atom is 0.336 e. The highest BCUT2D eigenvalue weighted by atomic mass is 16.5. The van der Waals surface area contributed by atoms with Gasteiger partial charge in [-0.05, 0) is 5.92 Å². The molecule has 1 amide bonds. The largest absolute Gasteiger partial charge is 0.467 e. The topological polar surface area (TPSA) is 102 Å². The fraction of sp³-hybridized carbons (Fsp3) is 0.800. The maximum absolute atomic E-state index is 11.6. The number of rotatable bonds is 6. The van der Waals surface area contributed by atoms with Crippen LogP contribution in [0.3, 0.4) is 0 Å². The van der Waals surface area contributed by atoms with Crippen molar-refractivity contribution < 1.29 is 19.4 Å². The predicted molar refractivity (Wildman–Crippen MR) is 58.4 cm³/mol. The highest BCUT2D eigenvalue weighted by Gasteiger charge is 2.22. The molecule has 2 unspecified atom stereocenters. The van der Waals surface area contributed by atoms with Crippen molar-refractivity contribution in [1.82, 2.24) is 5.32 Å². The molecule has 0 saturated carbocycles. The molecule has 6 heteroatoms. The van der Waals surface area contributed by atoms with Crippen molar-refractivity contribution in [3.05, 3.63) is 0 Å². The van der Waals surface area contributed by atoms with Crippen molar-refractivity contribution >= 4 is 11.9 Å². The molecule has 2 atom stereocenters. The Bertz CT molecular complexity index is 243. The number of esters is 1. The fourth-order valence-corrected chi connectivity index (χ4v) is 1.23. The maximum atomic E-state index is 11.6. The molecule has 0 aromatic heterocycles. The smallest absolute Gasteiger partial charge is 0.336 e. The molecule has 94 valence electrons. The minimum Gasteiger partial charge on any atom is -0.467 e. The minimum atomic E-state index is -1.33. The van der Waals surface area contributed by atoms with Crippen LogP contribution in [0.25, 0.3) is 0 Å². The third-order valence-corrected chi connectivity index (χ3v) is 2.34.